The van der Waals surface area contributed by atoms with Crippen molar-refractivity contribution in [2.45, 2.75) is 6.18 Å². The largest absolute Gasteiger partial charge is 0.451 e. The first-order valence-electron chi connectivity index (χ1n) is 8.42. The highest BCUT2D eigenvalue weighted by Gasteiger charge is 2.40. The molecule has 0 aliphatic rings. The fraction of sp³-hybridized carbons (Fsp3) is 0.0500. The number of carbonyl (C=O) groups excluding carboxylic acids is 1. The molecule has 5 nitrogen and oxygen atoms in total. The highest BCUT2D eigenvalue weighted by Crippen LogP contribution is 2.42. The second-order valence-electron chi connectivity index (χ2n) is 6.14. The van der Waals surface area contributed by atoms with Crippen LogP contribution in [0.5, 0.6) is 0 Å². The lowest BCUT2D eigenvalue weighted by molar-refractivity contribution is -0.151. The summed E-state index contributed by atoms with van der Waals surface area (Å²) in [5.74, 6) is -4.69. The number of alkyl halides is 3. The molecule has 0 spiro atoms. The van der Waals surface area contributed by atoms with Crippen LogP contribution >= 0.6 is 0 Å². The highest BCUT2D eigenvalue weighted by molar-refractivity contribution is 6.04. The van der Waals surface area contributed by atoms with Gasteiger partial charge in [0.15, 0.2) is 5.82 Å². The number of hydrogen-bond acceptors (Lipinski definition) is 4. The zero-order valence-corrected chi connectivity index (χ0v) is 14.8. The van der Waals surface area contributed by atoms with Gasteiger partial charge in [-0.15, -0.1) is 0 Å². The number of aromatic nitrogens is 2. The van der Waals surface area contributed by atoms with E-state index in [4.69, 9.17) is 4.42 Å². The van der Waals surface area contributed by atoms with E-state index >= 15 is 0 Å². The Labute approximate surface area is 165 Å². The number of benzene rings is 2. The summed E-state index contributed by atoms with van der Waals surface area (Å²) >= 11 is 0. The van der Waals surface area contributed by atoms with Crippen LogP contribution in [0.1, 0.15) is 16.1 Å². The lowest BCUT2D eigenvalue weighted by atomic mass is 10.1. The Hall–Kier alpha value is -3.82. The fourth-order valence-corrected chi connectivity index (χ4v) is 2.91. The van der Waals surface area contributed by atoms with Crippen molar-refractivity contribution in [2.24, 2.45) is 0 Å². The van der Waals surface area contributed by atoms with Crippen LogP contribution in [-0.2, 0) is 6.18 Å². The molecule has 0 radical (unpaired) electrons. The maximum atomic E-state index is 13.7. The third-order valence-corrected chi connectivity index (χ3v) is 4.19. The predicted octanol–water partition coefficient (Wildman–Crippen LogP) is 5.44. The van der Waals surface area contributed by atoms with Gasteiger partial charge in [0.2, 0.25) is 5.76 Å². The van der Waals surface area contributed by atoms with Crippen LogP contribution in [0, 0.1) is 11.6 Å². The first-order valence-corrected chi connectivity index (χ1v) is 8.42. The topological polar surface area (TPSA) is 68.0 Å². The van der Waals surface area contributed by atoms with Gasteiger partial charge in [0, 0.05) is 5.39 Å². The Kier molecular flexibility index (Phi) is 4.69. The summed E-state index contributed by atoms with van der Waals surface area (Å²) in [7, 11) is 0. The normalized spacial score (nSPS) is 11.6. The van der Waals surface area contributed by atoms with Gasteiger partial charge in [-0.3, -0.25) is 9.78 Å². The van der Waals surface area contributed by atoms with Crippen molar-refractivity contribution in [3.05, 3.63) is 77.8 Å². The Balaban J connectivity index is 1.69. The molecule has 0 aliphatic carbocycles. The molecule has 152 valence electrons. The molecule has 2 heterocycles. The van der Waals surface area contributed by atoms with Crippen LogP contribution in [0.15, 0.2) is 59.3 Å². The summed E-state index contributed by atoms with van der Waals surface area (Å²) in [5.41, 5.74) is -1.25. The standard InChI is InChI=1S/C20H10F5N3O2/c21-11-5-3-6-12(22)17(11)19(29)28-15-9-26-13(8-27-15)16-10-4-1-2-7-14(10)30-18(16)20(23,24)25/h1-9H,(H,27,28,29). The fourth-order valence-electron chi connectivity index (χ4n) is 2.91. The maximum Gasteiger partial charge on any atom is 0.450 e. The van der Waals surface area contributed by atoms with Crippen LogP contribution in [-0.4, -0.2) is 15.9 Å². The van der Waals surface area contributed by atoms with Crippen LogP contribution in [0.4, 0.5) is 27.8 Å². The molecule has 0 fully saturated rings. The third kappa shape index (κ3) is 3.47. The van der Waals surface area contributed by atoms with Crippen molar-refractivity contribution in [1.29, 1.82) is 0 Å². The zero-order chi connectivity index (χ0) is 21.5. The van der Waals surface area contributed by atoms with Gasteiger partial charge in [-0.2, -0.15) is 13.2 Å². The predicted molar refractivity (Wildman–Crippen MR) is 96.6 cm³/mol. The van der Waals surface area contributed by atoms with Gasteiger partial charge in [-0.25, -0.2) is 13.8 Å². The Morgan fingerprint density at radius 1 is 0.933 bits per heavy atom. The quantitative estimate of drug-likeness (QED) is 0.449. The summed E-state index contributed by atoms with van der Waals surface area (Å²) in [5, 5.41) is 2.34. The molecule has 0 saturated carbocycles. The molecule has 10 heteroatoms. The summed E-state index contributed by atoms with van der Waals surface area (Å²) in [6, 6.07) is 8.84. The van der Waals surface area contributed by atoms with Crippen molar-refractivity contribution in [3.63, 3.8) is 0 Å². The number of fused-ring (bicyclic) bond motifs is 1. The SMILES string of the molecule is O=C(Nc1cnc(-c2c(C(F)(F)F)oc3ccccc23)cn1)c1c(F)cccc1F. The van der Waals surface area contributed by atoms with Gasteiger partial charge in [-0.05, 0) is 18.2 Å². The number of hydrogen-bond donors (Lipinski definition) is 1. The molecule has 2 aromatic carbocycles. The summed E-state index contributed by atoms with van der Waals surface area (Å²) in [6.07, 6.45) is -2.79. The van der Waals surface area contributed by atoms with Crippen LogP contribution in [0.25, 0.3) is 22.2 Å². The molecule has 0 saturated heterocycles. The molecule has 1 N–H and O–H groups in total. The van der Waals surface area contributed by atoms with E-state index in [2.05, 4.69) is 15.3 Å². The van der Waals surface area contributed by atoms with Crippen LogP contribution in [0.2, 0.25) is 0 Å². The van der Waals surface area contributed by atoms with E-state index in [1.165, 1.54) is 18.2 Å². The number of anilines is 1. The van der Waals surface area contributed by atoms with Crippen molar-refractivity contribution >= 4 is 22.7 Å². The van der Waals surface area contributed by atoms with Crippen molar-refractivity contribution in [1.82, 2.24) is 9.97 Å². The minimum Gasteiger partial charge on any atom is -0.451 e. The van der Waals surface area contributed by atoms with E-state index in [-0.39, 0.29) is 28.0 Å². The minimum atomic E-state index is -4.77. The molecular formula is C20H10F5N3O2. The molecule has 4 aromatic rings. The molecule has 4 rings (SSSR count). The van der Waals surface area contributed by atoms with Crippen molar-refractivity contribution in [3.8, 4) is 11.3 Å². The number of nitrogens with zero attached hydrogens (tertiary/aromatic N) is 2. The van der Waals surface area contributed by atoms with E-state index in [0.717, 1.165) is 30.6 Å². The molecule has 30 heavy (non-hydrogen) atoms. The Morgan fingerprint density at radius 3 is 2.27 bits per heavy atom. The summed E-state index contributed by atoms with van der Waals surface area (Å²) in [6.45, 7) is 0. The van der Waals surface area contributed by atoms with Gasteiger partial charge in [0.05, 0.1) is 23.7 Å². The molecule has 0 unspecified atom stereocenters. The molecular weight excluding hydrogens is 409 g/mol. The maximum absolute atomic E-state index is 13.7. The van der Waals surface area contributed by atoms with E-state index in [0.29, 0.717) is 0 Å². The minimum absolute atomic E-state index is 0.0223. The Morgan fingerprint density at radius 2 is 1.63 bits per heavy atom. The lowest BCUT2D eigenvalue weighted by Gasteiger charge is -2.08. The average Bonchev–Trinajstić information content (AvgIpc) is 3.09. The van der Waals surface area contributed by atoms with Gasteiger partial charge in [-0.1, -0.05) is 24.3 Å². The number of furan rings is 1. The number of nitrogens with one attached hydrogen (secondary N) is 1. The van der Waals surface area contributed by atoms with Crippen LogP contribution < -0.4 is 5.32 Å². The lowest BCUT2D eigenvalue weighted by Crippen LogP contribution is -2.16. The van der Waals surface area contributed by atoms with E-state index in [1.807, 2.05) is 0 Å². The average molecular weight is 419 g/mol. The molecule has 0 aliphatic heterocycles. The number of carbonyl (C=O) groups is 1. The van der Waals surface area contributed by atoms with Gasteiger partial charge in [0.25, 0.3) is 5.91 Å². The number of para-hydroxylation sites is 1. The first kappa shape index (κ1) is 19.5. The third-order valence-electron chi connectivity index (χ3n) is 4.19. The summed E-state index contributed by atoms with van der Waals surface area (Å²) in [4.78, 5) is 19.9. The molecule has 1 amide bonds. The monoisotopic (exact) mass is 419 g/mol. The van der Waals surface area contributed by atoms with Gasteiger partial charge in [0.1, 0.15) is 22.8 Å². The van der Waals surface area contributed by atoms with Crippen LogP contribution in [0.3, 0.4) is 0 Å². The van der Waals surface area contributed by atoms with Gasteiger partial charge >= 0.3 is 6.18 Å². The van der Waals surface area contributed by atoms with E-state index in [9.17, 15) is 26.7 Å². The Bertz CT molecular complexity index is 1230. The van der Waals surface area contributed by atoms with E-state index in [1.54, 1.807) is 6.07 Å². The molecule has 2 aromatic heterocycles. The highest BCUT2D eigenvalue weighted by atomic mass is 19.4. The smallest absolute Gasteiger partial charge is 0.450 e. The first-order chi connectivity index (χ1) is 14.3. The van der Waals surface area contributed by atoms with Crippen molar-refractivity contribution in [2.75, 3.05) is 5.32 Å². The second kappa shape index (κ2) is 7.21. The van der Waals surface area contributed by atoms with Gasteiger partial charge < -0.3 is 9.73 Å². The van der Waals surface area contributed by atoms with Crippen molar-refractivity contribution < 1.29 is 31.2 Å². The molecule has 0 bridgehead atoms. The molecule has 0 atom stereocenters. The zero-order valence-electron chi connectivity index (χ0n) is 14.8. The van der Waals surface area contributed by atoms with E-state index < -0.39 is 35.0 Å². The summed E-state index contributed by atoms with van der Waals surface area (Å²) < 4.78 is 72.6. The number of amides is 1. The number of halogens is 5. The second-order valence-corrected chi connectivity index (χ2v) is 6.14. The number of rotatable bonds is 3.